The van der Waals surface area contributed by atoms with Crippen LogP contribution >= 0.6 is 11.6 Å². The van der Waals surface area contributed by atoms with Gasteiger partial charge in [0.1, 0.15) is 6.61 Å². The zero-order valence-electron chi connectivity index (χ0n) is 5.60. The van der Waals surface area contributed by atoms with Gasteiger partial charge in [-0.25, -0.2) is 0 Å². The Balaban J connectivity index is 2.33. The van der Waals surface area contributed by atoms with Crippen molar-refractivity contribution in [1.29, 1.82) is 0 Å². The van der Waals surface area contributed by atoms with Crippen LogP contribution in [0.15, 0.2) is 11.8 Å². The number of halogens is 1. The van der Waals surface area contributed by atoms with Crippen LogP contribution in [0.5, 0.6) is 0 Å². The summed E-state index contributed by atoms with van der Waals surface area (Å²) in [6, 6.07) is 0. The summed E-state index contributed by atoms with van der Waals surface area (Å²) < 4.78 is 5.04. The fourth-order valence-electron chi connectivity index (χ4n) is 0.859. The number of hydrogen-bond acceptors (Lipinski definition) is 2. The summed E-state index contributed by atoms with van der Waals surface area (Å²) in [6.45, 7) is 0.430. The van der Waals surface area contributed by atoms with Gasteiger partial charge in [-0.2, -0.15) is 0 Å². The Morgan fingerprint density at radius 2 is 2.50 bits per heavy atom. The van der Waals surface area contributed by atoms with Crippen LogP contribution < -0.4 is 0 Å². The summed E-state index contributed by atoms with van der Waals surface area (Å²) in [7, 11) is 0. The van der Waals surface area contributed by atoms with Crippen LogP contribution in [0.4, 0.5) is 0 Å². The minimum absolute atomic E-state index is 0.102. The van der Waals surface area contributed by atoms with Crippen molar-refractivity contribution in [2.45, 2.75) is 12.8 Å². The van der Waals surface area contributed by atoms with Gasteiger partial charge in [0.15, 0.2) is 11.5 Å². The van der Waals surface area contributed by atoms with Crippen molar-refractivity contribution in [2.75, 3.05) is 12.5 Å². The lowest BCUT2D eigenvalue weighted by Gasteiger charge is -2.01. The summed E-state index contributed by atoms with van der Waals surface area (Å²) in [5.74, 6) is 1.04. The number of allylic oxidation sites excluding steroid dienone is 2. The Kier molecular flexibility index (Phi) is 2.75. The topological polar surface area (TPSA) is 26.3 Å². The summed E-state index contributed by atoms with van der Waals surface area (Å²) in [6.07, 6.45) is 3.23. The minimum atomic E-state index is 0.102. The van der Waals surface area contributed by atoms with E-state index in [1.807, 2.05) is 6.08 Å². The van der Waals surface area contributed by atoms with Crippen molar-refractivity contribution < 1.29 is 9.53 Å². The molecule has 0 radical (unpaired) electrons. The van der Waals surface area contributed by atoms with Crippen LogP contribution in [0, 0.1) is 0 Å². The first-order valence-corrected chi connectivity index (χ1v) is 3.80. The highest BCUT2D eigenvalue weighted by Crippen LogP contribution is 2.14. The highest BCUT2D eigenvalue weighted by atomic mass is 35.5. The lowest BCUT2D eigenvalue weighted by atomic mass is 10.3. The fraction of sp³-hybridized carbons (Fsp3) is 0.571. The second kappa shape index (κ2) is 3.62. The Morgan fingerprint density at radius 3 is 3.00 bits per heavy atom. The molecule has 10 heavy (non-hydrogen) atoms. The molecule has 1 aliphatic carbocycles. The van der Waals surface area contributed by atoms with E-state index in [0.29, 0.717) is 24.7 Å². The van der Waals surface area contributed by atoms with Crippen LogP contribution in [-0.4, -0.2) is 18.3 Å². The van der Waals surface area contributed by atoms with Crippen molar-refractivity contribution in [1.82, 2.24) is 0 Å². The van der Waals surface area contributed by atoms with Gasteiger partial charge in [0.05, 0.1) is 5.88 Å². The van der Waals surface area contributed by atoms with Gasteiger partial charge in [-0.15, -0.1) is 11.6 Å². The van der Waals surface area contributed by atoms with Crippen LogP contribution in [0.25, 0.3) is 0 Å². The second-order valence-corrected chi connectivity index (χ2v) is 2.45. The van der Waals surface area contributed by atoms with E-state index in [2.05, 4.69) is 0 Å². The fourth-order valence-corrected chi connectivity index (χ4v) is 0.936. The molecule has 1 rings (SSSR count). The number of alkyl halides is 1. The van der Waals surface area contributed by atoms with E-state index in [1.54, 1.807) is 0 Å². The molecule has 56 valence electrons. The Morgan fingerprint density at radius 1 is 1.70 bits per heavy atom. The average molecular weight is 161 g/mol. The van der Waals surface area contributed by atoms with Crippen molar-refractivity contribution in [3.05, 3.63) is 11.8 Å². The van der Waals surface area contributed by atoms with E-state index in [1.165, 1.54) is 0 Å². The van der Waals surface area contributed by atoms with Crippen molar-refractivity contribution in [3.63, 3.8) is 0 Å². The summed E-state index contributed by atoms with van der Waals surface area (Å²) >= 11 is 5.36. The molecule has 1 aliphatic rings. The van der Waals surface area contributed by atoms with Gasteiger partial charge in [0, 0.05) is 6.42 Å². The van der Waals surface area contributed by atoms with Gasteiger partial charge < -0.3 is 4.74 Å². The quantitative estimate of drug-likeness (QED) is 0.585. The monoisotopic (exact) mass is 160 g/mol. The molecule has 0 aliphatic heterocycles. The molecule has 0 amide bonds. The van der Waals surface area contributed by atoms with E-state index in [4.69, 9.17) is 16.3 Å². The van der Waals surface area contributed by atoms with Gasteiger partial charge in [0.25, 0.3) is 0 Å². The highest BCUT2D eigenvalue weighted by Gasteiger charge is 2.15. The SMILES string of the molecule is O=C1CCC=C1OCCCl. The molecule has 0 fully saturated rings. The van der Waals surface area contributed by atoms with E-state index in [-0.39, 0.29) is 5.78 Å². The summed E-state index contributed by atoms with van der Waals surface area (Å²) in [5, 5.41) is 0. The third-order valence-corrected chi connectivity index (χ3v) is 1.46. The number of Topliss-reactive ketones (excluding diaryl/α,β-unsaturated/α-hetero) is 1. The molecule has 0 N–H and O–H groups in total. The molecule has 0 saturated heterocycles. The first-order valence-electron chi connectivity index (χ1n) is 3.26. The average Bonchev–Trinajstić information content (AvgIpc) is 2.31. The predicted octanol–water partition coefficient (Wildman–Crippen LogP) is 1.49. The van der Waals surface area contributed by atoms with Crippen LogP contribution in [0.2, 0.25) is 0 Å². The zero-order chi connectivity index (χ0) is 7.40. The number of ether oxygens (including phenoxy) is 1. The number of carbonyl (C=O) groups is 1. The molecular weight excluding hydrogens is 152 g/mol. The van der Waals surface area contributed by atoms with Gasteiger partial charge in [0.2, 0.25) is 0 Å². The predicted molar refractivity (Wildman–Crippen MR) is 39.0 cm³/mol. The van der Waals surface area contributed by atoms with E-state index in [0.717, 1.165) is 6.42 Å². The second-order valence-electron chi connectivity index (χ2n) is 2.07. The Labute approximate surface area is 64.8 Å². The third-order valence-electron chi connectivity index (χ3n) is 1.31. The lowest BCUT2D eigenvalue weighted by Crippen LogP contribution is -2.02. The smallest absolute Gasteiger partial charge is 0.197 e. The normalized spacial score (nSPS) is 17.3. The molecule has 0 heterocycles. The Bertz CT molecular complexity index is 163. The van der Waals surface area contributed by atoms with Crippen molar-refractivity contribution >= 4 is 17.4 Å². The maximum Gasteiger partial charge on any atom is 0.197 e. The molecule has 2 nitrogen and oxygen atoms in total. The van der Waals surface area contributed by atoms with Crippen molar-refractivity contribution in [3.8, 4) is 0 Å². The third kappa shape index (κ3) is 1.74. The molecule has 0 aromatic heterocycles. The molecule has 0 aromatic rings. The van der Waals surface area contributed by atoms with Gasteiger partial charge in [-0.3, -0.25) is 4.79 Å². The highest BCUT2D eigenvalue weighted by molar-refractivity contribution is 6.18. The van der Waals surface area contributed by atoms with E-state index >= 15 is 0 Å². The summed E-state index contributed by atoms with van der Waals surface area (Å²) in [5.41, 5.74) is 0. The molecule has 0 spiro atoms. The first-order chi connectivity index (χ1) is 4.84. The van der Waals surface area contributed by atoms with Crippen LogP contribution in [0.1, 0.15) is 12.8 Å². The molecule has 3 heteroatoms. The number of hydrogen-bond donors (Lipinski definition) is 0. The lowest BCUT2D eigenvalue weighted by molar-refractivity contribution is -0.117. The van der Waals surface area contributed by atoms with Crippen LogP contribution in [-0.2, 0) is 9.53 Å². The van der Waals surface area contributed by atoms with E-state index < -0.39 is 0 Å². The van der Waals surface area contributed by atoms with Crippen LogP contribution in [0.3, 0.4) is 0 Å². The summed E-state index contributed by atoms with van der Waals surface area (Å²) in [4.78, 5) is 10.8. The molecule has 0 unspecified atom stereocenters. The standard InChI is InChI=1S/C7H9ClO2/c8-4-5-10-7-3-1-2-6(7)9/h3H,1-2,4-5H2. The van der Waals surface area contributed by atoms with Gasteiger partial charge in [-0.05, 0) is 12.5 Å². The first kappa shape index (κ1) is 7.61. The van der Waals surface area contributed by atoms with Crippen molar-refractivity contribution in [2.24, 2.45) is 0 Å². The number of ketones is 1. The van der Waals surface area contributed by atoms with E-state index in [9.17, 15) is 4.79 Å². The largest absolute Gasteiger partial charge is 0.489 e. The molecule has 0 bridgehead atoms. The minimum Gasteiger partial charge on any atom is -0.489 e. The maximum atomic E-state index is 10.8. The molecular formula is C7H9ClO2. The zero-order valence-corrected chi connectivity index (χ0v) is 6.36. The number of carbonyl (C=O) groups excluding carboxylic acids is 1. The Hall–Kier alpha value is -0.500. The van der Waals surface area contributed by atoms with Gasteiger partial charge in [-0.1, -0.05) is 0 Å². The molecule has 0 aromatic carbocycles. The molecule has 0 saturated carbocycles. The number of rotatable bonds is 3. The molecule has 0 atom stereocenters. The maximum absolute atomic E-state index is 10.8. The van der Waals surface area contributed by atoms with Gasteiger partial charge >= 0.3 is 0 Å².